The Morgan fingerprint density at radius 3 is 2.90 bits per heavy atom. The van der Waals surface area contributed by atoms with Crippen molar-refractivity contribution in [2.45, 2.75) is 61.6 Å². The van der Waals surface area contributed by atoms with Gasteiger partial charge in [0.15, 0.2) is 5.78 Å². The first-order valence-electron chi connectivity index (χ1n) is 10.2. The Bertz CT molecular complexity index is 682. The lowest BCUT2D eigenvalue weighted by atomic mass is 9.90. The van der Waals surface area contributed by atoms with Crippen LogP contribution in [0.2, 0.25) is 0 Å². The highest BCUT2D eigenvalue weighted by Gasteiger charge is 2.27. The number of carbonyl (C=O) groups excluding carboxylic acids is 2. The summed E-state index contributed by atoms with van der Waals surface area (Å²) in [5.41, 5.74) is 0. The van der Waals surface area contributed by atoms with Crippen molar-refractivity contribution in [1.29, 1.82) is 0 Å². The number of alkyl halides is 1. The average Bonchev–Trinajstić information content (AvgIpc) is 3.22. The molecule has 5 atom stereocenters. The second-order valence-corrected chi connectivity index (χ2v) is 10.1. The van der Waals surface area contributed by atoms with Crippen LogP contribution in [0.3, 0.4) is 0 Å². The Morgan fingerprint density at radius 1 is 1.41 bits per heavy atom. The Morgan fingerprint density at radius 2 is 2.21 bits per heavy atom. The average molecular weight is 483 g/mol. The molecule has 4 nitrogen and oxygen atoms in total. The van der Waals surface area contributed by atoms with Crippen LogP contribution in [0, 0.1) is 11.8 Å². The summed E-state index contributed by atoms with van der Waals surface area (Å²) < 4.78 is 4.62. The first-order chi connectivity index (χ1) is 13.9. The molecule has 29 heavy (non-hydrogen) atoms. The summed E-state index contributed by atoms with van der Waals surface area (Å²) in [5.74, 6) is -0.123. The summed E-state index contributed by atoms with van der Waals surface area (Å²) in [6.45, 7) is 2.20. The number of carbonyl (C=O) groups is 2. The summed E-state index contributed by atoms with van der Waals surface area (Å²) in [7, 11) is 1.39. The lowest BCUT2D eigenvalue weighted by Crippen LogP contribution is -2.14. The number of allylic oxidation sites excluding steroid dienone is 7. The summed E-state index contributed by atoms with van der Waals surface area (Å²) in [5, 5.41) is 10.8. The molecule has 0 saturated carbocycles. The molecule has 2 rings (SSSR count). The van der Waals surface area contributed by atoms with Gasteiger partial charge in [0.2, 0.25) is 0 Å². The van der Waals surface area contributed by atoms with E-state index in [2.05, 4.69) is 33.7 Å². The molecule has 0 fully saturated rings. The van der Waals surface area contributed by atoms with Gasteiger partial charge in [-0.2, -0.15) is 0 Å². The quantitative estimate of drug-likeness (QED) is 0.191. The zero-order chi connectivity index (χ0) is 21.2. The maximum absolute atomic E-state index is 12.1. The van der Waals surface area contributed by atoms with Crippen molar-refractivity contribution < 1.29 is 19.4 Å². The van der Waals surface area contributed by atoms with Crippen LogP contribution in [0.5, 0.6) is 0 Å². The molecule has 0 aromatic rings. The van der Waals surface area contributed by atoms with Gasteiger partial charge in [-0.3, -0.25) is 9.59 Å². The number of ketones is 1. The third-order valence-corrected chi connectivity index (χ3v) is 7.94. The van der Waals surface area contributed by atoms with Gasteiger partial charge in [0, 0.05) is 28.3 Å². The molecule has 0 spiro atoms. The van der Waals surface area contributed by atoms with E-state index in [4.69, 9.17) is 0 Å². The van der Waals surface area contributed by atoms with Crippen LogP contribution in [0.15, 0.2) is 47.4 Å². The van der Waals surface area contributed by atoms with E-state index in [9.17, 15) is 14.7 Å². The molecule has 0 saturated heterocycles. The second-order valence-electron chi connectivity index (χ2n) is 7.51. The standard InChI is InChI=1S/C23H31BrO4S/c1-16-21(24)15-19(29-16)13-12-18(25)11-9-17-10-14-22(26)20(17)7-5-3-4-6-8-23(27)28-2/h3,5,9-11,14-18,20-21,25H,4,6-8,12-13H2,1-2H3/b5-3-,11-9+/t16?,17?,18-,20-,21?/m1/s1. The Balaban J connectivity index is 1.73. The van der Waals surface area contributed by atoms with Gasteiger partial charge in [0.25, 0.3) is 0 Å². The number of thioether (sulfide) groups is 1. The molecular weight excluding hydrogens is 452 g/mol. The van der Waals surface area contributed by atoms with Gasteiger partial charge >= 0.3 is 5.97 Å². The molecular formula is C23H31BrO4S. The van der Waals surface area contributed by atoms with Gasteiger partial charge in [-0.15, -0.1) is 11.8 Å². The van der Waals surface area contributed by atoms with E-state index in [1.54, 1.807) is 6.08 Å². The third kappa shape index (κ3) is 8.27. The number of halogens is 1. The highest BCUT2D eigenvalue weighted by atomic mass is 79.9. The number of hydrogen-bond acceptors (Lipinski definition) is 5. The first kappa shape index (κ1) is 24.2. The van der Waals surface area contributed by atoms with Crippen LogP contribution in [-0.4, -0.2) is 40.1 Å². The van der Waals surface area contributed by atoms with E-state index >= 15 is 0 Å². The van der Waals surface area contributed by atoms with Crippen LogP contribution in [0.25, 0.3) is 0 Å². The molecule has 3 unspecified atom stereocenters. The molecule has 0 aromatic carbocycles. The summed E-state index contributed by atoms with van der Waals surface area (Å²) in [6, 6.07) is 0. The van der Waals surface area contributed by atoms with Gasteiger partial charge < -0.3 is 9.84 Å². The first-order valence-corrected chi connectivity index (χ1v) is 12.0. The summed E-state index contributed by atoms with van der Waals surface area (Å²) in [6.07, 6.45) is 17.3. The molecule has 0 amide bonds. The monoisotopic (exact) mass is 482 g/mol. The predicted octanol–water partition coefficient (Wildman–Crippen LogP) is 5.13. The molecule has 1 heterocycles. The van der Waals surface area contributed by atoms with Crippen molar-refractivity contribution in [3.63, 3.8) is 0 Å². The molecule has 0 radical (unpaired) electrons. The van der Waals surface area contributed by atoms with Crippen molar-refractivity contribution in [2.75, 3.05) is 7.11 Å². The van der Waals surface area contributed by atoms with Crippen molar-refractivity contribution in [2.24, 2.45) is 11.8 Å². The minimum absolute atomic E-state index is 0.0314. The highest BCUT2D eigenvalue weighted by molar-refractivity contribution is 9.09. The minimum Gasteiger partial charge on any atom is -0.469 e. The molecule has 6 heteroatoms. The zero-order valence-electron chi connectivity index (χ0n) is 17.1. The van der Waals surface area contributed by atoms with E-state index in [0.29, 0.717) is 29.3 Å². The van der Waals surface area contributed by atoms with Crippen molar-refractivity contribution in [3.8, 4) is 0 Å². The fraction of sp³-hybridized carbons (Fsp3) is 0.565. The molecule has 0 bridgehead atoms. The number of esters is 1. The molecule has 0 aromatic heterocycles. The second kappa shape index (κ2) is 12.6. The van der Waals surface area contributed by atoms with Gasteiger partial charge in [-0.05, 0) is 43.1 Å². The van der Waals surface area contributed by atoms with Crippen LogP contribution in [0.1, 0.15) is 45.4 Å². The van der Waals surface area contributed by atoms with Crippen molar-refractivity contribution in [1.82, 2.24) is 0 Å². The van der Waals surface area contributed by atoms with Gasteiger partial charge in [0.05, 0.1) is 13.2 Å². The van der Waals surface area contributed by atoms with E-state index in [1.165, 1.54) is 12.0 Å². The number of methoxy groups -OCH3 is 1. The smallest absolute Gasteiger partial charge is 0.305 e. The summed E-state index contributed by atoms with van der Waals surface area (Å²) in [4.78, 5) is 25.0. The third-order valence-electron chi connectivity index (χ3n) is 5.22. The molecule has 1 N–H and O–H groups in total. The number of unbranched alkanes of at least 4 members (excludes halogenated alkanes) is 1. The van der Waals surface area contributed by atoms with Crippen molar-refractivity contribution >= 4 is 39.4 Å². The molecule has 1 aliphatic carbocycles. The fourth-order valence-corrected chi connectivity index (χ4v) is 5.36. The van der Waals surface area contributed by atoms with Gasteiger partial charge in [-0.25, -0.2) is 0 Å². The maximum Gasteiger partial charge on any atom is 0.305 e. The SMILES string of the molecule is COC(=O)CCC/C=C\C[C@H]1C(=O)C=CC1/C=C/[C@@H](O)CCC1=CC(Br)C(C)S1. The number of hydrogen-bond donors (Lipinski definition) is 1. The predicted molar refractivity (Wildman–Crippen MR) is 123 cm³/mol. The normalized spacial score (nSPS) is 27.9. The Kier molecular flexibility index (Phi) is 10.5. The van der Waals surface area contributed by atoms with Crippen molar-refractivity contribution in [3.05, 3.63) is 47.4 Å². The van der Waals surface area contributed by atoms with E-state index in [1.807, 2.05) is 42.1 Å². The lowest BCUT2D eigenvalue weighted by molar-refractivity contribution is -0.140. The van der Waals surface area contributed by atoms with E-state index in [0.717, 1.165) is 19.3 Å². The Hall–Kier alpha value is -1.11. The molecule has 2 aliphatic rings. The fourth-order valence-electron chi connectivity index (χ4n) is 3.39. The topological polar surface area (TPSA) is 63.6 Å². The molecule has 160 valence electrons. The van der Waals surface area contributed by atoms with Crippen LogP contribution >= 0.6 is 27.7 Å². The van der Waals surface area contributed by atoms with E-state index in [-0.39, 0.29) is 23.6 Å². The van der Waals surface area contributed by atoms with Crippen LogP contribution < -0.4 is 0 Å². The lowest BCUT2D eigenvalue weighted by Gasteiger charge is -2.14. The zero-order valence-corrected chi connectivity index (χ0v) is 19.5. The summed E-state index contributed by atoms with van der Waals surface area (Å²) >= 11 is 5.51. The van der Waals surface area contributed by atoms with Crippen LogP contribution in [-0.2, 0) is 14.3 Å². The number of ether oxygens (including phenoxy) is 1. The number of aliphatic hydroxyl groups is 1. The number of aliphatic hydroxyl groups excluding tert-OH is 1. The molecule has 1 aliphatic heterocycles. The number of rotatable bonds is 11. The largest absolute Gasteiger partial charge is 0.469 e. The minimum atomic E-state index is -0.500. The van der Waals surface area contributed by atoms with Crippen LogP contribution in [0.4, 0.5) is 0 Å². The van der Waals surface area contributed by atoms with E-state index < -0.39 is 6.10 Å². The van der Waals surface area contributed by atoms with Gasteiger partial charge in [0.1, 0.15) is 0 Å². The Labute approximate surface area is 186 Å². The highest BCUT2D eigenvalue weighted by Crippen LogP contribution is 2.38. The maximum atomic E-state index is 12.1. The van der Waals surface area contributed by atoms with Gasteiger partial charge in [-0.1, -0.05) is 59.3 Å².